The number of β-amino-alcohol motifs (C(OH)–C–C–N with tert-alkyl or cyclic N) is 1. The summed E-state index contributed by atoms with van der Waals surface area (Å²) in [5.41, 5.74) is 0.186. The van der Waals surface area contributed by atoms with E-state index in [2.05, 4.69) is 11.8 Å². The molecule has 0 radical (unpaired) electrons. The lowest BCUT2D eigenvalue weighted by molar-refractivity contribution is -0.00193. The Morgan fingerprint density at radius 3 is 2.71 bits per heavy atom. The van der Waals surface area contributed by atoms with Crippen LogP contribution < -0.4 is 0 Å². The highest BCUT2D eigenvalue weighted by atomic mass is 19.1. The molecule has 24 heavy (non-hydrogen) atoms. The first-order valence-electron chi connectivity index (χ1n) is 8.20. The summed E-state index contributed by atoms with van der Waals surface area (Å²) in [5.74, 6) is -0.797. The van der Waals surface area contributed by atoms with Gasteiger partial charge in [0.25, 0.3) is 5.91 Å². The van der Waals surface area contributed by atoms with E-state index in [0.717, 1.165) is 19.0 Å². The van der Waals surface area contributed by atoms with Gasteiger partial charge in [0.2, 0.25) is 0 Å². The van der Waals surface area contributed by atoms with Gasteiger partial charge in [0.15, 0.2) is 0 Å². The summed E-state index contributed by atoms with van der Waals surface area (Å²) in [5, 5.41) is 18.1. The quantitative estimate of drug-likeness (QED) is 0.863. The van der Waals surface area contributed by atoms with E-state index in [4.69, 9.17) is 5.26 Å². The molecule has 130 valence electrons. The fourth-order valence-electron chi connectivity index (χ4n) is 2.87. The molecule has 1 heterocycles. The van der Waals surface area contributed by atoms with Crippen molar-refractivity contribution < 1.29 is 14.3 Å². The van der Waals surface area contributed by atoms with E-state index in [9.17, 15) is 14.3 Å². The maximum Gasteiger partial charge on any atom is 0.256 e. The van der Waals surface area contributed by atoms with Crippen LogP contribution in [0.2, 0.25) is 0 Å². The molecule has 1 saturated heterocycles. The summed E-state index contributed by atoms with van der Waals surface area (Å²) >= 11 is 0. The normalized spacial score (nSPS) is 17.7. The Hall–Kier alpha value is -1.97. The molecule has 0 spiro atoms. The Kier molecular flexibility index (Phi) is 5.92. The summed E-state index contributed by atoms with van der Waals surface area (Å²) in [4.78, 5) is 16.3. The van der Waals surface area contributed by atoms with Gasteiger partial charge in [-0.25, -0.2) is 4.39 Å². The summed E-state index contributed by atoms with van der Waals surface area (Å²) in [6.45, 7) is 6.34. The van der Waals surface area contributed by atoms with Crippen LogP contribution in [-0.4, -0.2) is 59.6 Å². The lowest BCUT2D eigenvalue weighted by Gasteiger charge is -2.37. The monoisotopic (exact) mass is 333 g/mol. The summed E-state index contributed by atoms with van der Waals surface area (Å²) < 4.78 is 14.0. The molecule has 0 aromatic heterocycles. The summed E-state index contributed by atoms with van der Waals surface area (Å²) in [7, 11) is 1.68. The van der Waals surface area contributed by atoms with Gasteiger partial charge in [-0.05, 0) is 44.0 Å². The van der Waals surface area contributed by atoms with Gasteiger partial charge in [0.1, 0.15) is 5.82 Å². The van der Waals surface area contributed by atoms with Crippen molar-refractivity contribution in [3.63, 3.8) is 0 Å². The van der Waals surface area contributed by atoms with Gasteiger partial charge in [-0.1, -0.05) is 6.92 Å². The predicted octanol–water partition coefficient (Wildman–Crippen LogP) is 1.86. The van der Waals surface area contributed by atoms with Crippen molar-refractivity contribution in [2.45, 2.75) is 32.4 Å². The molecule has 0 aliphatic carbocycles. The number of benzene rings is 1. The van der Waals surface area contributed by atoms with E-state index in [0.29, 0.717) is 13.1 Å². The number of likely N-dealkylation sites (tertiary alicyclic amines) is 1. The van der Waals surface area contributed by atoms with Crippen LogP contribution in [0.5, 0.6) is 0 Å². The second-order valence-corrected chi connectivity index (χ2v) is 6.64. The van der Waals surface area contributed by atoms with Crippen molar-refractivity contribution >= 4 is 5.91 Å². The van der Waals surface area contributed by atoms with Gasteiger partial charge < -0.3 is 10.0 Å². The molecule has 0 bridgehead atoms. The largest absolute Gasteiger partial charge is 0.390 e. The van der Waals surface area contributed by atoms with Gasteiger partial charge in [0, 0.05) is 26.2 Å². The molecule has 1 aliphatic rings. The Labute approximate surface area is 142 Å². The second-order valence-electron chi connectivity index (χ2n) is 6.64. The molecule has 2 atom stereocenters. The first-order chi connectivity index (χ1) is 11.3. The van der Waals surface area contributed by atoms with Crippen LogP contribution in [-0.2, 0) is 0 Å². The number of amides is 1. The number of carbonyl (C=O) groups excluding carboxylic acids is 1. The van der Waals surface area contributed by atoms with Crippen LogP contribution in [0.15, 0.2) is 18.2 Å². The molecule has 6 heteroatoms. The molecule has 0 saturated carbocycles. The molecule has 1 amide bonds. The first-order valence-corrected chi connectivity index (χ1v) is 8.20. The van der Waals surface area contributed by atoms with Gasteiger partial charge in [0.05, 0.1) is 23.3 Å². The Balaban J connectivity index is 1.94. The molecule has 1 aromatic carbocycles. The van der Waals surface area contributed by atoms with Crippen molar-refractivity contribution in [2.24, 2.45) is 5.92 Å². The minimum atomic E-state index is -0.666. The summed E-state index contributed by atoms with van der Waals surface area (Å²) in [6, 6.07) is 5.72. The highest BCUT2D eigenvalue weighted by Crippen LogP contribution is 2.19. The van der Waals surface area contributed by atoms with Crippen LogP contribution in [0.1, 0.15) is 36.2 Å². The number of rotatable bonds is 6. The third-order valence-electron chi connectivity index (χ3n) is 4.92. The van der Waals surface area contributed by atoms with Crippen LogP contribution in [0.3, 0.4) is 0 Å². The molecule has 5 nitrogen and oxygen atoms in total. The zero-order chi connectivity index (χ0) is 17.9. The summed E-state index contributed by atoms with van der Waals surface area (Å²) in [6.07, 6.45) is 0.697. The van der Waals surface area contributed by atoms with Crippen LogP contribution in [0.25, 0.3) is 0 Å². The number of carbonyl (C=O) groups is 1. The van der Waals surface area contributed by atoms with E-state index < -0.39 is 5.82 Å². The number of aliphatic hydroxyl groups excluding tert-OH is 1. The fraction of sp³-hybridized carbons (Fsp3) is 0.556. The smallest absolute Gasteiger partial charge is 0.256 e. The number of nitriles is 1. The van der Waals surface area contributed by atoms with E-state index in [1.54, 1.807) is 11.9 Å². The van der Waals surface area contributed by atoms with E-state index in [1.165, 1.54) is 12.1 Å². The third-order valence-corrected chi connectivity index (χ3v) is 4.92. The van der Waals surface area contributed by atoms with Crippen molar-refractivity contribution in [2.75, 3.05) is 26.7 Å². The average molecular weight is 333 g/mol. The maximum atomic E-state index is 14.0. The third kappa shape index (κ3) is 4.11. The SMILES string of the molecule is C[C@H](CCN1CC(O)C1)[C@H](C)N(C)C(=O)c1ccc(C#N)cc1F. The number of halogens is 1. The molecule has 2 rings (SSSR count). The molecule has 1 fully saturated rings. The van der Waals surface area contributed by atoms with Crippen molar-refractivity contribution in [1.82, 2.24) is 9.80 Å². The lowest BCUT2D eigenvalue weighted by atomic mass is 9.96. The Bertz CT molecular complexity index is 638. The van der Waals surface area contributed by atoms with Crippen LogP contribution in [0, 0.1) is 23.1 Å². The maximum absolute atomic E-state index is 14.0. The average Bonchev–Trinajstić information content (AvgIpc) is 2.55. The van der Waals surface area contributed by atoms with Crippen LogP contribution in [0.4, 0.5) is 4.39 Å². The molecule has 0 unspecified atom stereocenters. The first kappa shape index (κ1) is 18.4. The van der Waals surface area contributed by atoms with E-state index in [-0.39, 0.29) is 35.1 Å². The van der Waals surface area contributed by atoms with Crippen molar-refractivity contribution in [3.05, 3.63) is 35.1 Å². The Morgan fingerprint density at radius 1 is 1.50 bits per heavy atom. The van der Waals surface area contributed by atoms with Gasteiger partial charge in [-0.15, -0.1) is 0 Å². The molecule has 1 aliphatic heterocycles. The predicted molar refractivity (Wildman–Crippen MR) is 88.9 cm³/mol. The van der Waals surface area contributed by atoms with Crippen LogP contribution >= 0.6 is 0 Å². The van der Waals surface area contributed by atoms with Gasteiger partial charge in [-0.3, -0.25) is 9.69 Å². The Morgan fingerprint density at radius 2 is 2.17 bits per heavy atom. The molecule has 1 aromatic rings. The number of aliphatic hydroxyl groups is 1. The zero-order valence-corrected chi connectivity index (χ0v) is 14.4. The van der Waals surface area contributed by atoms with Crippen molar-refractivity contribution in [1.29, 1.82) is 5.26 Å². The zero-order valence-electron chi connectivity index (χ0n) is 14.4. The standard InChI is InChI=1S/C18H24FN3O2/c1-12(6-7-22-10-15(23)11-22)13(2)21(3)18(24)16-5-4-14(9-20)8-17(16)19/h4-5,8,12-13,15,23H,6-7,10-11H2,1-3H3/t12-,13+/m1/s1. The van der Waals surface area contributed by atoms with Gasteiger partial charge in [-0.2, -0.15) is 5.26 Å². The molecule has 1 N–H and O–H groups in total. The topological polar surface area (TPSA) is 67.6 Å². The van der Waals surface area contributed by atoms with Crippen molar-refractivity contribution in [3.8, 4) is 6.07 Å². The van der Waals surface area contributed by atoms with E-state index in [1.807, 2.05) is 13.0 Å². The molecular weight excluding hydrogens is 309 g/mol. The number of hydrogen-bond donors (Lipinski definition) is 1. The fourth-order valence-corrected chi connectivity index (χ4v) is 2.87. The number of nitrogens with zero attached hydrogens (tertiary/aromatic N) is 3. The minimum absolute atomic E-state index is 0.0126. The highest BCUT2D eigenvalue weighted by Gasteiger charge is 2.27. The molecular formula is C18H24FN3O2. The minimum Gasteiger partial charge on any atom is -0.390 e. The van der Waals surface area contributed by atoms with E-state index >= 15 is 0 Å². The lowest BCUT2D eigenvalue weighted by Crippen LogP contribution is -2.51. The highest BCUT2D eigenvalue weighted by molar-refractivity contribution is 5.94. The number of hydrogen-bond acceptors (Lipinski definition) is 4. The second kappa shape index (κ2) is 7.73. The van der Waals surface area contributed by atoms with Gasteiger partial charge >= 0.3 is 0 Å².